The van der Waals surface area contributed by atoms with Crippen molar-refractivity contribution in [3.05, 3.63) is 35.4 Å². The van der Waals surface area contributed by atoms with E-state index in [1.54, 1.807) is 6.26 Å². The molecule has 1 N–H and O–H groups in total. The summed E-state index contributed by atoms with van der Waals surface area (Å²) in [6.45, 7) is 3.71. The van der Waals surface area contributed by atoms with E-state index in [9.17, 15) is 4.21 Å². The van der Waals surface area contributed by atoms with Crippen molar-refractivity contribution in [3.8, 4) is 0 Å². The molecule has 1 fully saturated rings. The first-order valence-electron chi connectivity index (χ1n) is 6.28. The molecule has 1 aliphatic carbocycles. The quantitative estimate of drug-likeness (QED) is 0.841. The maximum atomic E-state index is 11.2. The predicted octanol–water partition coefficient (Wildman–Crippen LogP) is 2.42. The van der Waals surface area contributed by atoms with Gasteiger partial charge in [-0.25, -0.2) is 0 Å². The summed E-state index contributed by atoms with van der Waals surface area (Å²) in [5.41, 5.74) is 2.82. The molecule has 0 bridgehead atoms. The summed E-state index contributed by atoms with van der Waals surface area (Å²) < 4.78 is 11.2. The molecular formula is C14H21NOS. The minimum atomic E-state index is -0.732. The van der Waals surface area contributed by atoms with Gasteiger partial charge in [-0.2, -0.15) is 0 Å². The maximum Gasteiger partial charge on any atom is 0.0441 e. The molecule has 1 aliphatic rings. The van der Waals surface area contributed by atoms with Crippen LogP contribution in [0.1, 0.15) is 36.8 Å². The topological polar surface area (TPSA) is 29.1 Å². The van der Waals surface area contributed by atoms with Gasteiger partial charge in [-0.1, -0.05) is 24.3 Å². The van der Waals surface area contributed by atoms with E-state index in [1.807, 2.05) is 6.92 Å². The van der Waals surface area contributed by atoms with Crippen LogP contribution in [0.4, 0.5) is 0 Å². The molecule has 94 valence electrons. The highest BCUT2D eigenvalue weighted by Gasteiger charge is 2.23. The highest BCUT2D eigenvalue weighted by atomic mass is 32.2. The van der Waals surface area contributed by atoms with Crippen molar-refractivity contribution in [3.63, 3.8) is 0 Å². The Hall–Kier alpha value is -0.670. The van der Waals surface area contributed by atoms with Crippen molar-refractivity contribution < 1.29 is 4.21 Å². The molecule has 0 aromatic heterocycles. The molecule has 2 rings (SSSR count). The molecule has 0 aliphatic heterocycles. The Morgan fingerprint density at radius 1 is 1.47 bits per heavy atom. The van der Waals surface area contributed by atoms with Gasteiger partial charge in [0.15, 0.2) is 0 Å². The average molecular weight is 251 g/mol. The van der Waals surface area contributed by atoms with Crippen molar-refractivity contribution >= 4 is 10.8 Å². The van der Waals surface area contributed by atoms with Gasteiger partial charge >= 0.3 is 0 Å². The van der Waals surface area contributed by atoms with E-state index in [1.165, 1.54) is 24.0 Å². The molecule has 0 radical (unpaired) electrons. The molecule has 17 heavy (non-hydrogen) atoms. The second-order valence-corrected chi connectivity index (χ2v) is 6.76. The predicted molar refractivity (Wildman–Crippen MR) is 73.7 cm³/mol. The fraction of sp³-hybridized carbons (Fsp3) is 0.571. The zero-order valence-corrected chi connectivity index (χ0v) is 11.4. The molecule has 1 saturated carbocycles. The van der Waals surface area contributed by atoms with Gasteiger partial charge < -0.3 is 5.32 Å². The van der Waals surface area contributed by atoms with E-state index >= 15 is 0 Å². The molecule has 1 aromatic rings. The van der Waals surface area contributed by atoms with Gasteiger partial charge in [0.2, 0.25) is 0 Å². The zero-order chi connectivity index (χ0) is 12.3. The van der Waals surface area contributed by atoms with Crippen LogP contribution in [0.25, 0.3) is 0 Å². The van der Waals surface area contributed by atoms with Crippen molar-refractivity contribution in [2.24, 2.45) is 0 Å². The van der Waals surface area contributed by atoms with Gasteiger partial charge in [0.25, 0.3) is 0 Å². The molecule has 2 nitrogen and oxygen atoms in total. The van der Waals surface area contributed by atoms with Gasteiger partial charge in [-0.15, -0.1) is 0 Å². The van der Waals surface area contributed by atoms with Gasteiger partial charge in [0, 0.05) is 35.4 Å². The third-order valence-corrected chi connectivity index (χ3v) is 4.63. The Morgan fingerprint density at radius 3 is 2.88 bits per heavy atom. The third kappa shape index (κ3) is 3.93. The first-order chi connectivity index (χ1) is 8.16. The van der Waals surface area contributed by atoms with E-state index < -0.39 is 10.8 Å². The normalized spacial score (nSPS) is 18.9. The highest BCUT2D eigenvalue weighted by molar-refractivity contribution is 7.84. The summed E-state index contributed by atoms with van der Waals surface area (Å²) in [6.07, 6.45) is 4.46. The Kier molecular flexibility index (Phi) is 4.35. The van der Waals surface area contributed by atoms with Gasteiger partial charge in [0.05, 0.1) is 0 Å². The minimum absolute atomic E-state index is 0.224. The van der Waals surface area contributed by atoms with Crippen LogP contribution < -0.4 is 5.32 Å². The third-order valence-electron chi connectivity index (χ3n) is 3.33. The van der Waals surface area contributed by atoms with Crippen LogP contribution in [0, 0.1) is 0 Å². The largest absolute Gasteiger partial charge is 0.311 e. The number of hydrogen-bond acceptors (Lipinski definition) is 2. The Bertz CT molecular complexity index is 401. The number of rotatable bonds is 6. The van der Waals surface area contributed by atoms with Crippen LogP contribution in [-0.4, -0.2) is 22.3 Å². The van der Waals surface area contributed by atoms with Crippen LogP contribution in [0.15, 0.2) is 24.3 Å². The highest BCUT2D eigenvalue weighted by Crippen LogP contribution is 2.40. The monoisotopic (exact) mass is 251 g/mol. The van der Waals surface area contributed by atoms with Crippen molar-refractivity contribution in [1.29, 1.82) is 0 Å². The Morgan fingerprint density at radius 2 is 2.24 bits per heavy atom. The molecule has 0 heterocycles. The molecule has 2 atom stereocenters. The standard InChI is InChI=1S/C14H21NOS/c1-11(17(2)16)9-15-10-12-4-3-5-14(8-12)13-6-7-13/h3-5,8,11,13,15H,6-7,9-10H2,1-2H3. The summed E-state index contributed by atoms with van der Waals surface area (Å²) in [7, 11) is -0.732. The second kappa shape index (κ2) is 5.78. The fourth-order valence-electron chi connectivity index (χ4n) is 1.91. The van der Waals surface area contributed by atoms with E-state index in [0.717, 1.165) is 19.0 Å². The van der Waals surface area contributed by atoms with Gasteiger partial charge in [-0.3, -0.25) is 4.21 Å². The summed E-state index contributed by atoms with van der Waals surface area (Å²) in [5.74, 6) is 0.817. The lowest BCUT2D eigenvalue weighted by Crippen LogP contribution is -2.27. The van der Waals surface area contributed by atoms with Crippen LogP contribution in [-0.2, 0) is 17.3 Å². The van der Waals surface area contributed by atoms with Gasteiger partial charge in [-0.05, 0) is 36.8 Å². The smallest absolute Gasteiger partial charge is 0.0441 e. The van der Waals surface area contributed by atoms with E-state index in [2.05, 4.69) is 29.6 Å². The SMILES string of the molecule is CC(CNCc1cccc(C2CC2)c1)S(C)=O. The van der Waals surface area contributed by atoms with Crippen molar-refractivity contribution in [2.75, 3.05) is 12.8 Å². The Labute approximate surface area is 106 Å². The van der Waals surface area contributed by atoms with Crippen LogP contribution >= 0.6 is 0 Å². The van der Waals surface area contributed by atoms with E-state index in [4.69, 9.17) is 0 Å². The first kappa shape index (κ1) is 12.8. The minimum Gasteiger partial charge on any atom is -0.311 e. The zero-order valence-electron chi connectivity index (χ0n) is 10.6. The van der Waals surface area contributed by atoms with Crippen molar-refractivity contribution in [2.45, 2.75) is 37.5 Å². The summed E-state index contributed by atoms with van der Waals surface area (Å²) >= 11 is 0. The molecule has 1 aromatic carbocycles. The Balaban J connectivity index is 1.82. The molecule has 0 spiro atoms. The average Bonchev–Trinajstić information content (AvgIpc) is 3.13. The number of hydrogen-bond donors (Lipinski definition) is 1. The fourth-order valence-corrected chi connectivity index (χ4v) is 2.26. The first-order valence-corrected chi connectivity index (χ1v) is 7.90. The van der Waals surface area contributed by atoms with E-state index in [-0.39, 0.29) is 5.25 Å². The van der Waals surface area contributed by atoms with Gasteiger partial charge in [0.1, 0.15) is 0 Å². The molecular weight excluding hydrogens is 230 g/mol. The lowest BCUT2D eigenvalue weighted by atomic mass is 10.1. The van der Waals surface area contributed by atoms with Crippen LogP contribution in [0.5, 0.6) is 0 Å². The lowest BCUT2D eigenvalue weighted by molar-refractivity contribution is 0.647. The summed E-state index contributed by atoms with van der Waals surface area (Å²) in [5, 5.41) is 3.60. The van der Waals surface area contributed by atoms with E-state index in [0.29, 0.717) is 0 Å². The number of nitrogens with one attached hydrogen (secondary N) is 1. The lowest BCUT2D eigenvalue weighted by Gasteiger charge is -2.10. The van der Waals surface area contributed by atoms with Crippen LogP contribution in [0.3, 0.4) is 0 Å². The number of benzene rings is 1. The molecule has 0 amide bonds. The molecule has 2 unspecified atom stereocenters. The molecule has 0 saturated heterocycles. The van der Waals surface area contributed by atoms with Crippen LogP contribution in [0.2, 0.25) is 0 Å². The maximum absolute atomic E-state index is 11.2. The second-order valence-electron chi connectivity index (χ2n) is 4.96. The summed E-state index contributed by atoms with van der Waals surface area (Å²) in [4.78, 5) is 0. The van der Waals surface area contributed by atoms with Crippen molar-refractivity contribution in [1.82, 2.24) is 5.32 Å². The molecule has 3 heteroatoms. The summed E-state index contributed by atoms with van der Waals surface area (Å²) in [6, 6.07) is 8.83.